The highest BCUT2D eigenvalue weighted by atomic mass is 79.9. The number of ether oxygens (including phenoxy) is 2. The molecule has 1 N–H and O–H groups in total. The first-order valence-corrected chi connectivity index (χ1v) is 10.9. The zero-order chi connectivity index (χ0) is 24.7. The normalized spacial score (nSPS) is 10.9. The van der Waals surface area contributed by atoms with E-state index < -0.39 is 10.9 Å². The average Bonchev–Trinajstić information content (AvgIpc) is 2.82. The molecule has 9 heteroatoms. The van der Waals surface area contributed by atoms with Crippen LogP contribution in [0.3, 0.4) is 0 Å². The molecule has 0 bridgehead atoms. The van der Waals surface area contributed by atoms with Crippen molar-refractivity contribution in [1.29, 1.82) is 5.26 Å². The Hall–Kier alpha value is -4.16. The van der Waals surface area contributed by atoms with Gasteiger partial charge in [0.15, 0.2) is 11.5 Å². The Balaban J connectivity index is 1.87. The van der Waals surface area contributed by atoms with Gasteiger partial charge in [0, 0.05) is 12.1 Å². The van der Waals surface area contributed by atoms with Gasteiger partial charge in [-0.1, -0.05) is 12.1 Å². The van der Waals surface area contributed by atoms with Crippen molar-refractivity contribution >= 4 is 39.2 Å². The predicted molar refractivity (Wildman–Crippen MR) is 130 cm³/mol. The summed E-state index contributed by atoms with van der Waals surface area (Å²) in [6, 6.07) is 17.8. The number of allylic oxidation sites excluding steroid dienone is 1. The Morgan fingerprint density at radius 1 is 1.12 bits per heavy atom. The molecule has 0 spiro atoms. The number of rotatable bonds is 9. The smallest absolute Gasteiger partial charge is 0.335 e. The maximum atomic E-state index is 11.1. The average molecular weight is 523 g/mol. The maximum absolute atomic E-state index is 11.1. The summed E-state index contributed by atoms with van der Waals surface area (Å²) in [5.74, 6) is -0.117. The molecule has 0 fully saturated rings. The second-order valence-corrected chi connectivity index (χ2v) is 7.88. The summed E-state index contributed by atoms with van der Waals surface area (Å²) in [5.41, 5.74) is 2.50. The molecule has 0 amide bonds. The summed E-state index contributed by atoms with van der Waals surface area (Å²) in [6.45, 7) is 2.39. The summed E-state index contributed by atoms with van der Waals surface area (Å²) in [5, 5.41) is 29.5. The van der Waals surface area contributed by atoms with E-state index in [0.29, 0.717) is 39.3 Å². The zero-order valence-electron chi connectivity index (χ0n) is 18.0. The molecule has 172 valence electrons. The third-order valence-corrected chi connectivity index (χ3v) is 5.33. The van der Waals surface area contributed by atoms with Gasteiger partial charge in [-0.2, -0.15) is 5.26 Å². The van der Waals surface area contributed by atoms with Gasteiger partial charge in [-0.05, 0) is 82.0 Å². The lowest BCUT2D eigenvalue weighted by Gasteiger charge is -2.15. The second-order valence-electron chi connectivity index (χ2n) is 7.03. The van der Waals surface area contributed by atoms with Gasteiger partial charge in [0.05, 0.1) is 33.2 Å². The zero-order valence-corrected chi connectivity index (χ0v) is 19.6. The number of carboxylic acid groups (broad SMARTS) is 1. The quantitative estimate of drug-likeness (QED) is 0.156. The Labute approximate surface area is 204 Å². The fourth-order valence-corrected chi connectivity index (χ4v) is 3.66. The number of benzene rings is 3. The van der Waals surface area contributed by atoms with Gasteiger partial charge in [-0.25, -0.2) is 4.79 Å². The molecule has 0 aliphatic rings. The minimum Gasteiger partial charge on any atom is -0.490 e. The van der Waals surface area contributed by atoms with E-state index in [4.69, 9.17) is 14.6 Å². The molecular formula is C25H19BrN2O6. The molecule has 0 aliphatic carbocycles. The van der Waals surface area contributed by atoms with Crippen LogP contribution >= 0.6 is 15.9 Å². The minimum atomic E-state index is -1.04. The van der Waals surface area contributed by atoms with Crippen LogP contribution in [-0.4, -0.2) is 22.6 Å². The van der Waals surface area contributed by atoms with Crippen molar-refractivity contribution in [2.75, 3.05) is 6.61 Å². The molecule has 8 nitrogen and oxygen atoms in total. The molecule has 0 saturated carbocycles. The van der Waals surface area contributed by atoms with Gasteiger partial charge in [0.1, 0.15) is 6.61 Å². The number of halogens is 1. The van der Waals surface area contributed by atoms with Crippen molar-refractivity contribution in [3.8, 4) is 17.6 Å². The number of nitrogens with zero attached hydrogens (tertiary/aromatic N) is 2. The summed E-state index contributed by atoms with van der Waals surface area (Å²) in [6.07, 6.45) is 1.67. The van der Waals surface area contributed by atoms with E-state index in [-0.39, 0.29) is 17.9 Å². The summed E-state index contributed by atoms with van der Waals surface area (Å²) in [7, 11) is 0. The van der Waals surface area contributed by atoms with Crippen molar-refractivity contribution in [1.82, 2.24) is 0 Å². The Kier molecular flexibility index (Phi) is 8.01. The van der Waals surface area contributed by atoms with Crippen LogP contribution in [0.25, 0.3) is 11.6 Å². The molecule has 0 aliphatic heterocycles. The van der Waals surface area contributed by atoms with Gasteiger partial charge >= 0.3 is 5.97 Å². The van der Waals surface area contributed by atoms with E-state index in [1.54, 1.807) is 42.5 Å². The number of nitriles is 1. The Morgan fingerprint density at radius 3 is 2.32 bits per heavy atom. The highest BCUT2D eigenvalue weighted by Gasteiger charge is 2.14. The molecule has 3 rings (SSSR count). The van der Waals surface area contributed by atoms with Crippen LogP contribution in [0.15, 0.2) is 65.1 Å². The van der Waals surface area contributed by atoms with Gasteiger partial charge in [0.2, 0.25) is 0 Å². The maximum Gasteiger partial charge on any atom is 0.335 e. The largest absolute Gasteiger partial charge is 0.490 e. The van der Waals surface area contributed by atoms with Crippen LogP contribution in [0.2, 0.25) is 0 Å². The van der Waals surface area contributed by atoms with Crippen LogP contribution in [0, 0.1) is 21.4 Å². The first-order valence-electron chi connectivity index (χ1n) is 10.1. The van der Waals surface area contributed by atoms with Gasteiger partial charge < -0.3 is 14.6 Å². The molecule has 0 radical (unpaired) electrons. The van der Waals surface area contributed by atoms with Crippen molar-refractivity contribution in [2.24, 2.45) is 0 Å². The third kappa shape index (κ3) is 5.99. The van der Waals surface area contributed by atoms with Crippen LogP contribution in [0.5, 0.6) is 11.5 Å². The molecule has 3 aromatic carbocycles. The van der Waals surface area contributed by atoms with E-state index in [0.717, 1.165) is 5.56 Å². The molecule has 0 aromatic heterocycles. The lowest BCUT2D eigenvalue weighted by atomic mass is 10.0. The van der Waals surface area contributed by atoms with Crippen molar-refractivity contribution in [3.05, 3.63) is 97.5 Å². The highest BCUT2D eigenvalue weighted by Crippen LogP contribution is 2.38. The minimum absolute atomic E-state index is 0.00183. The number of non-ortho nitro benzene ring substituents is 1. The monoisotopic (exact) mass is 522 g/mol. The number of nitro benzene ring substituents is 1. The first-order chi connectivity index (χ1) is 16.3. The number of hydrogen-bond acceptors (Lipinski definition) is 6. The summed E-state index contributed by atoms with van der Waals surface area (Å²) >= 11 is 3.49. The number of hydrogen-bond donors (Lipinski definition) is 1. The number of carbonyl (C=O) groups is 1. The number of aromatic carboxylic acids is 1. The topological polar surface area (TPSA) is 123 Å². The third-order valence-electron chi connectivity index (χ3n) is 4.74. The van der Waals surface area contributed by atoms with Gasteiger partial charge in [0.25, 0.3) is 5.69 Å². The molecule has 34 heavy (non-hydrogen) atoms. The van der Waals surface area contributed by atoms with Gasteiger partial charge in [-0.15, -0.1) is 0 Å². The Morgan fingerprint density at radius 2 is 1.76 bits per heavy atom. The highest BCUT2D eigenvalue weighted by molar-refractivity contribution is 9.10. The molecular weight excluding hydrogens is 504 g/mol. The molecule has 3 aromatic rings. The van der Waals surface area contributed by atoms with E-state index in [1.165, 1.54) is 24.3 Å². The van der Waals surface area contributed by atoms with E-state index >= 15 is 0 Å². The molecule has 0 heterocycles. The molecule has 0 unspecified atom stereocenters. The lowest BCUT2D eigenvalue weighted by molar-refractivity contribution is -0.384. The van der Waals surface area contributed by atoms with Crippen molar-refractivity contribution in [3.63, 3.8) is 0 Å². The van der Waals surface area contributed by atoms with E-state index in [1.807, 2.05) is 6.92 Å². The fourth-order valence-electron chi connectivity index (χ4n) is 3.08. The second kappa shape index (κ2) is 11.1. The van der Waals surface area contributed by atoms with Crippen molar-refractivity contribution in [2.45, 2.75) is 13.5 Å². The van der Waals surface area contributed by atoms with E-state index in [2.05, 4.69) is 22.0 Å². The Bertz CT molecular complexity index is 1280. The fraction of sp³-hybridized carbons (Fsp3) is 0.120. The summed E-state index contributed by atoms with van der Waals surface area (Å²) < 4.78 is 12.3. The van der Waals surface area contributed by atoms with Crippen LogP contribution in [0.4, 0.5) is 5.69 Å². The van der Waals surface area contributed by atoms with Crippen LogP contribution in [0.1, 0.15) is 34.0 Å². The SMILES string of the molecule is CCOc1cc(/C=C(/C#N)c2ccc(C(=O)O)cc2)cc(Br)c1OCc1ccc([N+](=O)[O-])cc1. The number of carboxylic acids is 1. The standard InChI is InChI=1S/C25H19BrN2O6/c1-2-33-23-13-17(11-20(14-27)18-5-7-19(8-6-18)25(29)30)12-22(26)24(23)34-15-16-3-9-21(10-4-16)28(31)32/h3-13H,2,15H2,1H3,(H,29,30)/b20-11-. The molecule has 0 saturated heterocycles. The van der Waals surface area contributed by atoms with Crippen molar-refractivity contribution < 1.29 is 24.3 Å². The first kappa shape index (κ1) is 24.5. The van der Waals surface area contributed by atoms with Crippen LogP contribution in [-0.2, 0) is 6.61 Å². The summed E-state index contributed by atoms with van der Waals surface area (Å²) in [4.78, 5) is 21.4. The van der Waals surface area contributed by atoms with Gasteiger partial charge in [-0.3, -0.25) is 10.1 Å². The predicted octanol–water partition coefficient (Wildman–Crippen LogP) is 6.10. The van der Waals surface area contributed by atoms with E-state index in [9.17, 15) is 20.2 Å². The lowest BCUT2D eigenvalue weighted by Crippen LogP contribution is -2.01. The molecule has 0 atom stereocenters. The number of nitro groups is 1. The van der Waals surface area contributed by atoms with Crippen LogP contribution < -0.4 is 9.47 Å².